The van der Waals surface area contributed by atoms with Crippen LogP contribution >= 0.6 is 0 Å². The second-order valence-corrected chi connectivity index (χ2v) is 8.29. The lowest BCUT2D eigenvalue weighted by molar-refractivity contribution is -0.141. The summed E-state index contributed by atoms with van der Waals surface area (Å²) >= 11 is 0. The number of rotatable bonds is 6. The lowest BCUT2D eigenvalue weighted by Gasteiger charge is -2.32. The highest BCUT2D eigenvalue weighted by Gasteiger charge is 2.35. The molecule has 0 N–H and O–H groups in total. The Morgan fingerprint density at radius 1 is 1.24 bits per heavy atom. The first-order chi connectivity index (χ1) is 16.2. The van der Waals surface area contributed by atoms with Crippen LogP contribution in [-0.2, 0) is 9.53 Å². The Balaban J connectivity index is 1.21. The van der Waals surface area contributed by atoms with Gasteiger partial charge in [-0.15, -0.1) is 5.10 Å². The van der Waals surface area contributed by atoms with Crippen LogP contribution in [-0.4, -0.2) is 69.9 Å². The molecule has 2 fully saturated rings. The zero-order chi connectivity index (χ0) is 22.4. The summed E-state index contributed by atoms with van der Waals surface area (Å²) in [6, 6.07) is 7.25. The predicted octanol–water partition coefficient (Wildman–Crippen LogP) is 2.56. The van der Waals surface area contributed by atoms with E-state index in [1.807, 2.05) is 17.0 Å². The van der Waals surface area contributed by atoms with Crippen LogP contribution in [0.25, 0.3) is 28.1 Å². The molecule has 1 aliphatic heterocycles. The predicted molar refractivity (Wildman–Crippen MR) is 117 cm³/mol. The molecule has 6 rings (SSSR count). The molecule has 0 aromatic carbocycles. The summed E-state index contributed by atoms with van der Waals surface area (Å²) in [4.78, 5) is 22.9. The van der Waals surface area contributed by atoms with Gasteiger partial charge in [-0.3, -0.25) is 4.79 Å². The van der Waals surface area contributed by atoms with Gasteiger partial charge in [-0.05, 0) is 25.0 Å². The lowest BCUT2D eigenvalue weighted by atomic mass is 10.2. The summed E-state index contributed by atoms with van der Waals surface area (Å²) in [6.45, 7) is 2.02. The van der Waals surface area contributed by atoms with Crippen molar-refractivity contribution in [1.29, 1.82) is 0 Å². The Morgan fingerprint density at radius 2 is 2.15 bits per heavy atom. The Labute approximate surface area is 189 Å². The molecule has 4 aromatic rings. The summed E-state index contributed by atoms with van der Waals surface area (Å²) in [7, 11) is 1.57. The molecule has 0 bridgehead atoms. The maximum atomic E-state index is 12.4. The van der Waals surface area contributed by atoms with Crippen LogP contribution in [0.2, 0.25) is 0 Å². The Morgan fingerprint density at radius 3 is 3.00 bits per heavy atom. The average molecular weight is 449 g/mol. The lowest BCUT2D eigenvalue weighted by Crippen LogP contribution is -2.48. The number of furan rings is 1. The maximum Gasteiger partial charge on any atom is 0.231 e. The van der Waals surface area contributed by atoms with Crippen molar-refractivity contribution in [2.75, 3.05) is 33.4 Å². The monoisotopic (exact) mass is 449 g/mol. The largest absolute Gasteiger partial charge is 0.480 e. The topological polar surface area (TPSA) is 104 Å². The van der Waals surface area contributed by atoms with Crippen molar-refractivity contribution in [1.82, 2.24) is 24.5 Å². The van der Waals surface area contributed by atoms with Gasteiger partial charge in [0.2, 0.25) is 17.7 Å². The number of pyridine rings is 1. The number of morpholine rings is 1. The Bertz CT molecular complexity index is 1330. The van der Waals surface area contributed by atoms with Crippen molar-refractivity contribution in [2.45, 2.75) is 18.9 Å². The minimum Gasteiger partial charge on any atom is -0.480 e. The molecule has 1 atom stereocenters. The molecule has 33 heavy (non-hydrogen) atoms. The van der Waals surface area contributed by atoms with Crippen LogP contribution < -0.4 is 9.47 Å². The van der Waals surface area contributed by atoms with E-state index in [9.17, 15) is 4.79 Å². The summed E-state index contributed by atoms with van der Waals surface area (Å²) in [6.07, 6.45) is 5.16. The molecule has 0 spiro atoms. The van der Waals surface area contributed by atoms with Gasteiger partial charge in [0.05, 0.1) is 31.8 Å². The summed E-state index contributed by atoms with van der Waals surface area (Å²) in [5.74, 6) is 1.98. The molecule has 1 amide bonds. The Kier molecular flexibility index (Phi) is 4.87. The first-order valence-corrected chi connectivity index (χ1v) is 11.0. The molecular formula is C23H23N5O5. The van der Waals surface area contributed by atoms with Crippen molar-refractivity contribution in [3.05, 3.63) is 36.7 Å². The third-order valence-electron chi connectivity index (χ3n) is 5.99. The molecule has 0 radical (unpaired) electrons. The molecule has 5 heterocycles. The molecule has 1 unspecified atom stereocenters. The van der Waals surface area contributed by atoms with E-state index in [0.717, 1.165) is 18.2 Å². The van der Waals surface area contributed by atoms with E-state index in [1.54, 1.807) is 36.2 Å². The second kappa shape index (κ2) is 8.04. The van der Waals surface area contributed by atoms with E-state index in [-0.39, 0.29) is 17.9 Å². The fourth-order valence-corrected chi connectivity index (χ4v) is 4.12. The first-order valence-electron chi connectivity index (χ1n) is 11.0. The number of carbonyl (C=O) groups excluding carboxylic acids is 1. The highest BCUT2D eigenvalue weighted by molar-refractivity contribution is 5.86. The third kappa shape index (κ3) is 3.76. The summed E-state index contributed by atoms with van der Waals surface area (Å²) in [5, 5.41) is 5.37. The number of methoxy groups -OCH3 is 1. The molecule has 1 saturated carbocycles. The fraction of sp³-hybridized carbons (Fsp3) is 0.391. The first kappa shape index (κ1) is 20.0. The van der Waals surface area contributed by atoms with Crippen molar-refractivity contribution in [2.24, 2.45) is 5.92 Å². The van der Waals surface area contributed by atoms with Gasteiger partial charge < -0.3 is 23.5 Å². The number of nitrogens with zero attached hydrogens (tertiary/aromatic N) is 5. The van der Waals surface area contributed by atoms with Gasteiger partial charge in [0, 0.05) is 30.8 Å². The molecule has 10 nitrogen and oxygen atoms in total. The molecule has 170 valence electrons. The van der Waals surface area contributed by atoms with E-state index < -0.39 is 0 Å². The zero-order valence-corrected chi connectivity index (χ0v) is 18.1. The van der Waals surface area contributed by atoms with E-state index >= 15 is 0 Å². The van der Waals surface area contributed by atoms with Gasteiger partial charge in [0.1, 0.15) is 24.0 Å². The maximum absolute atomic E-state index is 12.4. The molecule has 2 aliphatic rings. The van der Waals surface area contributed by atoms with E-state index in [2.05, 4.69) is 15.1 Å². The number of ether oxygens (including phenoxy) is 3. The number of amides is 1. The van der Waals surface area contributed by atoms with Crippen molar-refractivity contribution >= 4 is 22.5 Å². The van der Waals surface area contributed by atoms with Crippen LogP contribution in [0.15, 0.2) is 41.1 Å². The normalized spacial score (nSPS) is 18.7. The SMILES string of the molecule is COc1nccc2oc(-c3cnc4ccc(OCC5CN(C(=O)C6CC6)CCO5)nn34)cc12. The van der Waals surface area contributed by atoms with Crippen LogP contribution in [0.5, 0.6) is 11.8 Å². The van der Waals surface area contributed by atoms with Gasteiger partial charge in [0.25, 0.3) is 0 Å². The van der Waals surface area contributed by atoms with Gasteiger partial charge in [0.15, 0.2) is 11.4 Å². The van der Waals surface area contributed by atoms with Gasteiger partial charge in [-0.1, -0.05) is 0 Å². The molecule has 1 aliphatic carbocycles. The second-order valence-electron chi connectivity index (χ2n) is 8.29. The number of imidazole rings is 1. The third-order valence-corrected chi connectivity index (χ3v) is 5.99. The average Bonchev–Trinajstić information content (AvgIpc) is 3.47. The summed E-state index contributed by atoms with van der Waals surface area (Å²) in [5.41, 5.74) is 2.01. The number of carbonyl (C=O) groups is 1. The minimum absolute atomic E-state index is 0.184. The van der Waals surface area contributed by atoms with E-state index in [1.165, 1.54) is 0 Å². The summed E-state index contributed by atoms with van der Waals surface area (Å²) < 4.78 is 24.7. The van der Waals surface area contributed by atoms with E-state index in [4.69, 9.17) is 18.6 Å². The van der Waals surface area contributed by atoms with Crippen LogP contribution in [0.3, 0.4) is 0 Å². The van der Waals surface area contributed by atoms with Crippen LogP contribution in [0.4, 0.5) is 0 Å². The van der Waals surface area contributed by atoms with Crippen molar-refractivity contribution < 1.29 is 23.4 Å². The standard InChI is InChI=1S/C23H23N5O5/c1-30-22-16-10-19(33-18(16)6-7-24-22)17-11-25-20-4-5-21(26-28(17)20)32-13-15-12-27(8-9-31-15)23(29)14-2-3-14/h4-7,10-11,14-15H,2-3,8-9,12-13H2,1H3. The van der Waals surface area contributed by atoms with Gasteiger partial charge in [-0.25, -0.2) is 14.5 Å². The van der Waals surface area contributed by atoms with Gasteiger partial charge >= 0.3 is 0 Å². The van der Waals surface area contributed by atoms with Crippen LogP contribution in [0.1, 0.15) is 12.8 Å². The highest BCUT2D eigenvalue weighted by atomic mass is 16.5. The van der Waals surface area contributed by atoms with Crippen LogP contribution in [0, 0.1) is 5.92 Å². The molecule has 10 heteroatoms. The minimum atomic E-state index is -0.184. The molecule has 1 saturated heterocycles. The quantitative estimate of drug-likeness (QED) is 0.442. The van der Waals surface area contributed by atoms with Crippen molar-refractivity contribution in [3.8, 4) is 23.2 Å². The smallest absolute Gasteiger partial charge is 0.231 e. The Hall–Kier alpha value is -3.66. The van der Waals surface area contributed by atoms with E-state index in [0.29, 0.717) is 60.7 Å². The zero-order valence-electron chi connectivity index (χ0n) is 18.1. The number of hydrogen-bond acceptors (Lipinski definition) is 8. The number of aromatic nitrogens is 4. The number of hydrogen-bond donors (Lipinski definition) is 0. The number of fused-ring (bicyclic) bond motifs is 2. The highest BCUT2D eigenvalue weighted by Crippen LogP contribution is 2.33. The molecular weight excluding hydrogens is 426 g/mol. The molecule has 4 aromatic heterocycles. The van der Waals surface area contributed by atoms with Crippen molar-refractivity contribution in [3.63, 3.8) is 0 Å². The van der Waals surface area contributed by atoms with Gasteiger partial charge in [-0.2, -0.15) is 0 Å². The fourth-order valence-electron chi connectivity index (χ4n) is 4.12.